The fourth-order valence-corrected chi connectivity index (χ4v) is 2.08. The summed E-state index contributed by atoms with van der Waals surface area (Å²) in [4.78, 5) is 0. The zero-order valence-corrected chi connectivity index (χ0v) is 5.98. The highest BCUT2D eigenvalue weighted by Gasteiger charge is 1.82. The molecule has 44 valence electrons. The van der Waals surface area contributed by atoms with E-state index in [9.17, 15) is 0 Å². The quantitative estimate of drug-likeness (QED) is 0.361. The largest absolute Gasteiger partial charge is 0.385 e. The number of aliphatic hydroxyl groups excluding tert-OH is 2. The maximum absolute atomic E-state index is 8.14. The summed E-state index contributed by atoms with van der Waals surface area (Å²) in [7, 11) is 4.00. The highest BCUT2D eigenvalue weighted by Crippen LogP contribution is 2.32. The zero-order chi connectivity index (χ0) is 5.54. The first kappa shape index (κ1) is 7.97. The Bertz CT molecular complexity index is 30.1. The molecule has 0 radical (unpaired) electrons. The minimum Gasteiger partial charge on any atom is -0.385 e. The van der Waals surface area contributed by atoms with Crippen LogP contribution in [-0.4, -0.2) is 22.1 Å². The van der Waals surface area contributed by atoms with Crippen LogP contribution < -0.4 is 0 Å². The number of hydrogen-bond donors (Lipinski definition) is 2. The Hall–Kier alpha value is 0.970. The first-order valence-corrected chi connectivity index (χ1v) is 5.36. The van der Waals surface area contributed by atoms with Gasteiger partial charge >= 0.3 is 0 Å². The predicted molar refractivity (Wildman–Crippen MR) is 36.9 cm³/mol. The Balaban J connectivity index is 2.45. The van der Waals surface area contributed by atoms with E-state index in [0.717, 1.165) is 0 Å². The summed E-state index contributed by atoms with van der Waals surface area (Å²) < 4.78 is 0. The topological polar surface area (TPSA) is 40.5 Å². The van der Waals surface area contributed by atoms with Crippen molar-refractivity contribution in [3.05, 3.63) is 0 Å². The van der Waals surface area contributed by atoms with E-state index in [-0.39, 0.29) is 11.9 Å². The molecule has 0 spiro atoms. The highest BCUT2D eigenvalue weighted by atomic mass is 33.5. The van der Waals surface area contributed by atoms with Crippen molar-refractivity contribution in [1.82, 2.24) is 0 Å². The van der Waals surface area contributed by atoms with E-state index in [0.29, 0.717) is 0 Å². The molecule has 0 aromatic rings. The maximum atomic E-state index is 8.14. The van der Waals surface area contributed by atoms with Crippen molar-refractivity contribution in [1.29, 1.82) is 0 Å². The van der Waals surface area contributed by atoms with E-state index in [2.05, 4.69) is 0 Å². The Morgan fingerprint density at radius 3 is 1.71 bits per heavy atom. The molecule has 2 N–H and O–H groups in total. The minimum absolute atomic E-state index is 0.109. The van der Waals surface area contributed by atoms with Gasteiger partial charge in [-0.2, -0.15) is 0 Å². The average molecular weight is 158 g/mol. The Morgan fingerprint density at radius 1 is 1.00 bits per heavy atom. The third-order valence-electron chi connectivity index (χ3n) is 0.202. The van der Waals surface area contributed by atoms with Crippen molar-refractivity contribution >= 4 is 31.4 Å². The molecule has 5 heteroatoms. The zero-order valence-electron chi connectivity index (χ0n) is 3.53. The average Bonchev–Trinajstić information content (AvgIpc) is 1.69. The molecule has 0 saturated carbocycles. The second-order valence-electron chi connectivity index (χ2n) is 0.562. The van der Waals surface area contributed by atoms with Crippen LogP contribution in [0.5, 0.6) is 0 Å². The molecule has 0 heterocycles. The van der Waals surface area contributed by atoms with Crippen molar-refractivity contribution in [2.75, 3.05) is 11.9 Å². The molecule has 7 heavy (non-hydrogen) atoms. The van der Waals surface area contributed by atoms with E-state index in [4.69, 9.17) is 10.2 Å². The summed E-state index contributed by atoms with van der Waals surface area (Å²) in [6.07, 6.45) is 0. The van der Waals surface area contributed by atoms with Crippen molar-refractivity contribution in [3.8, 4) is 0 Å². The molecule has 0 rings (SSSR count). The van der Waals surface area contributed by atoms with Gasteiger partial charge in [0.15, 0.2) is 0 Å². The monoisotopic (exact) mass is 158 g/mol. The third-order valence-corrected chi connectivity index (χ3v) is 3.55. The van der Waals surface area contributed by atoms with Gasteiger partial charge in [-0.15, -0.1) is 0 Å². The molecule has 0 saturated heterocycles. The lowest BCUT2D eigenvalue weighted by atomic mass is 11.7. The number of aliphatic hydroxyl groups is 2. The Kier molecular flexibility index (Phi) is 7.94. The van der Waals surface area contributed by atoms with Crippen LogP contribution in [0, 0.1) is 0 Å². The van der Waals surface area contributed by atoms with Crippen LogP contribution in [0.1, 0.15) is 0 Å². The molecular weight excluding hydrogens is 152 g/mol. The highest BCUT2D eigenvalue weighted by molar-refractivity contribution is 9.09. The molecule has 0 aliphatic heterocycles. The van der Waals surface area contributed by atoms with Crippen LogP contribution in [0.15, 0.2) is 0 Å². The molecule has 0 atom stereocenters. The predicted octanol–water partition coefficient (Wildman–Crippen LogP) is 0.916. The summed E-state index contributed by atoms with van der Waals surface area (Å²) in [6, 6.07) is 0. The number of rotatable bonds is 4. The molecule has 0 unspecified atom stereocenters. The molecule has 0 bridgehead atoms. The van der Waals surface area contributed by atoms with Crippen LogP contribution in [0.2, 0.25) is 0 Å². The molecule has 0 fully saturated rings. The second kappa shape index (κ2) is 6.97. The van der Waals surface area contributed by atoms with E-state index < -0.39 is 0 Å². The van der Waals surface area contributed by atoms with Gasteiger partial charge in [-0.25, -0.2) is 0 Å². The minimum atomic E-state index is 0.109. The van der Waals surface area contributed by atoms with E-state index in [1.54, 1.807) is 0 Å². The fraction of sp³-hybridized carbons (Fsp3) is 1.00. The van der Waals surface area contributed by atoms with Gasteiger partial charge in [-0.05, 0) is 9.83 Å². The van der Waals surface area contributed by atoms with E-state index >= 15 is 0 Å². The van der Waals surface area contributed by atoms with Crippen molar-refractivity contribution in [2.45, 2.75) is 0 Å². The van der Waals surface area contributed by atoms with Crippen LogP contribution in [0.25, 0.3) is 0 Å². The van der Waals surface area contributed by atoms with Gasteiger partial charge in [-0.3, -0.25) is 0 Å². The van der Waals surface area contributed by atoms with Gasteiger partial charge in [-0.1, -0.05) is 21.6 Å². The van der Waals surface area contributed by atoms with Crippen LogP contribution in [0.4, 0.5) is 0 Å². The third kappa shape index (κ3) is 6.97. The van der Waals surface area contributed by atoms with Gasteiger partial charge in [0.2, 0.25) is 0 Å². The van der Waals surface area contributed by atoms with Gasteiger partial charge in [0, 0.05) is 0 Å². The standard InChI is InChI=1S/C2H6O2S3/c3-1-5-7-6-2-4/h3-4H,1-2H2. The summed E-state index contributed by atoms with van der Waals surface area (Å²) in [5.74, 6) is 0.218. The summed E-state index contributed by atoms with van der Waals surface area (Å²) >= 11 is 0. The second-order valence-corrected chi connectivity index (χ2v) is 4.73. The maximum Gasteiger partial charge on any atom is 0.0995 e. The molecule has 0 aliphatic rings. The van der Waals surface area contributed by atoms with E-state index in [1.807, 2.05) is 0 Å². The Labute approximate surface area is 53.9 Å². The molecule has 0 aliphatic carbocycles. The summed E-state index contributed by atoms with van der Waals surface area (Å²) in [5, 5.41) is 16.3. The van der Waals surface area contributed by atoms with Gasteiger partial charge in [0.1, 0.15) is 0 Å². The van der Waals surface area contributed by atoms with Crippen molar-refractivity contribution < 1.29 is 10.2 Å². The van der Waals surface area contributed by atoms with Crippen molar-refractivity contribution in [3.63, 3.8) is 0 Å². The smallest absolute Gasteiger partial charge is 0.0995 e. The summed E-state index contributed by atoms with van der Waals surface area (Å²) in [5.41, 5.74) is 0. The Morgan fingerprint density at radius 2 is 1.43 bits per heavy atom. The van der Waals surface area contributed by atoms with Crippen molar-refractivity contribution in [2.24, 2.45) is 0 Å². The van der Waals surface area contributed by atoms with Crippen LogP contribution in [0.3, 0.4) is 0 Å². The summed E-state index contributed by atoms with van der Waals surface area (Å²) in [6.45, 7) is 0. The lowest BCUT2D eigenvalue weighted by molar-refractivity contribution is 0.376. The molecular formula is C2H6O2S3. The van der Waals surface area contributed by atoms with Crippen LogP contribution >= 0.6 is 31.4 Å². The molecule has 0 aromatic carbocycles. The molecule has 0 amide bonds. The fourth-order valence-electron chi connectivity index (χ4n) is 0.0771. The normalized spacial score (nSPS) is 9.43. The lowest BCUT2D eigenvalue weighted by Crippen LogP contribution is -1.64. The molecule has 2 nitrogen and oxygen atoms in total. The SMILES string of the molecule is OCSSSCO. The van der Waals surface area contributed by atoms with Gasteiger partial charge in [0.25, 0.3) is 0 Å². The number of hydrogen-bond acceptors (Lipinski definition) is 5. The first-order chi connectivity index (χ1) is 3.41. The van der Waals surface area contributed by atoms with Gasteiger partial charge < -0.3 is 10.2 Å². The van der Waals surface area contributed by atoms with Crippen LogP contribution in [-0.2, 0) is 0 Å². The van der Waals surface area contributed by atoms with E-state index in [1.165, 1.54) is 31.4 Å². The lowest BCUT2D eigenvalue weighted by Gasteiger charge is -1.88. The first-order valence-electron chi connectivity index (χ1n) is 1.54. The molecule has 0 aromatic heterocycles. The van der Waals surface area contributed by atoms with Gasteiger partial charge in [0.05, 0.1) is 11.9 Å².